The van der Waals surface area contributed by atoms with E-state index >= 15 is 0 Å². The Morgan fingerprint density at radius 3 is 1.59 bits per heavy atom. The Bertz CT molecular complexity index is 637. The third kappa shape index (κ3) is 3.25. The van der Waals surface area contributed by atoms with E-state index in [-0.39, 0.29) is 0 Å². The highest BCUT2D eigenvalue weighted by molar-refractivity contribution is 6.10. The normalized spacial score (nSPS) is 9.95. The first-order chi connectivity index (χ1) is 10.6. The first-order valence-electron chi connectivity index (χ1n) is 6.67. The van der Waals surface area contributed by atoms with Crippen molar-refractivity contribution in [1.29, 1.82) is 0 Å². The number of methoxy groups -OCH3 is 2. The molecule has 22 heavy (non-hydrogen) atoms. The number of imide groups is 1. The minimum absolute atomic E-state index is 0.387. The van der Waals surface area contributed by atoms with Gasteiger partial charge in [0.2, 0.25) is 0 Å². The molecule has 0 heterocycles. The van der Waals surface area contributed by atoms with E-state index in [0.717, 1.165) is 4.90 Å². The second-order valence-electron chi connectivity index (χ2n) is 4.63. The number of ether oxygens (including phenoxy) is 2. The molecule has 0 bridgehead atoms. The quantitative estimate of drug-likeness (QED) is 0.814. The van der Waals surface area contributed by atoms with E-state index in [9.17, 15) is 9.59 Å². The van der Waals surface area contributed by atoms with Crippen molar-refractivity contribution < 1.29 is 19.1 Å². The van der Waals surface area contributed by atoms with Gasteiger partial charge in [0.05, 0.1) is 14.2 Å². The van der Waals surface area contributed by atoms with Crippen LogP contribution in [0.2, 0.25) is 0 Å². The summed E-state index contributed by atoms with van der Waals surface area (Å²) in [6.45, 7) is 0. The molecule has 0 unspecified atom stereocenters. The molecule has 0 aliphatic heterocycles. The molecule has 0 radical (unpaired) electrons. The Labute approximate surface area is 129 Å². The van der Waals surface area contributed by atoms with Crippen LogP contribution in [0.25, 0.3) is 0 Å². The number of amides is 2. The SMILES string of the molecule is COc1cccc(C(=O)N(C)C(=O)c2cccc(OC)c2)c1. The zero-order valence-corrected chi connectivity index (χ0v) is 12.7. The first-order valence-corrected chi connectivity index (χ1v) is 6.67. The van der Waals surface area contributed by atoms with Gasteiger partial charge in [-0.25, -0.2) is 0 Å². The molecule has 0 spiro atoms. The summed E-state index contributed by atoms with van der Waals surface area (Å²) in [6.07, 6.45) is 0. The second kappa shape index (κ2) is 6.76. The average molecular weight is 299 g/mol. The molecule has 0 aromatic heterocycles. The molecule has 2 aromatic carbocycles. The summed E-state index contributed by atoms with van der Waals surface area (Å²) in [6, 6.07) is 13.4. The van der Waals surface area contributed by atoms with Crippen LogP contribution in [0.3, 0.4) is 0 Å². The Morgan fingerprint density at radius 2 is 1.23 bits per heavy atom. The molecule has 5 nitrogen and oxygen atoms in total. The zero-order valence-electron chi connectivity index (χ0n) is 12.7. The summed E-state index contributed by atoms with van der Waals surface area (Å²) in [5, 5.41) is 0. The number of benzene rings is 2. The molecule has 0 aliphatic carbocycles. The number of hydrogen-bond acceptors (Lipinski definition) is 4. The first kappa shape index (κ1) is 15.6. The van der Waals surface area contributed by atoms with Crippen LogP contribution in [0.15, 0.2) is 48.5 Å². The standard InChI is InChI=1S/C17H17NO4/c1-18(16(19)12-6-4-8-14(10-12)21-2)17(20)13-7-5-9-15(11-13)22-3/h4-11H,1-3H3. The minimum atomic E-state index is -0.397. The van der Waals surface area contributed by atoms with Crippen LogP contribution >= 0.6 is 0 Å². The molecule has 114 valence electrons. The van der Waals surface area contributed by atoms with Gasteiger partial charge in [-0.1, -0.05) is 12.1 Å². The van der Waals surface area contributed by atoms with Crippen LogP contribution < -0.4 is 9.47 Å². The predicted molar refractivity (Wildman–Crippen MR) is 82.4 cm³/mol. The lowest BCUT2D eigenvalue weighted by atomic mass is 10.1. The van der Waals surface area contributed by atoms with E-state index in [1.54, 1.807) is 48.5 Å². The summed E-state index contributed by atoms with van der Waals surface area (Å²) in [7, 11) is 4.49. The fraction of sp³-hybridized carbons (Fsp3) is 0.176. The second-order valence-corrected chi connectivity index (χ2v) is 4.63. The predicted octanol–water partition coefficient (Wildman–Crippen LogP) is 2.62. The highest BCUT2D eigenvalue weighted by atomic mass is 16.5. The van der Waals surface area contributed by atoms with Crippen molar-refractivity contribution in [2.45, 2.75) is 0 Å². The topological polar surface area (TPSA) is 55.8 Å². The summed E-state index contributed by atoms with van der Waals surface area (Å²) >= 11 is 0. The number of carbonyl (C=O) groups excluding carboxylic acids is 2. The molecule has 0 saturated heterocycles. The lowest BCUT2D eigenvalue weighted by Crippen LogP contribution is -2.33. The number of nitrogens with zero attached hydrogens (tertiary/aromatic N) is 1. The van der Waals surface area contributed by atoms with Crippen molar-refractivity contribution in [3.63, 3.8) is 0 Å². The minimum Gasteiger partial charge on any atom is -0.497 e. The third-order valence-corrected chi connectivity index (χ3v) is 3.24. The van der Waals surface area contributed by atoms with Gasteiger partial charge >= 0.3 is 0 Å². The molecular weight excluding hydrogens is 282 g/mol. The maximum atomic E-state index is 12.4. The third-order valence-electron chi connectivity index (χ3n) is 3.24. The van der Waals surface area contributed by atoms with E-state index in [1.165, 1.54) is 21.3 Å². The van der Waals surface area contributed by atoms with Crippen LogP contribution in [0.4, 0.5) is 0 Å². The van der Waals surface area contributed by atoms with Crippen LogP contribution in [0.1, 0.15) is 20.7 Å². The maximum absolute atomic E-state index is 12.4. The van der Waals surface area contributed by atoms with Crippen LogP contribution in [-0.4, -0.2) is 38.0 Å². The molecule has 0 saturated carbocycles. The highest BCUT2D eigenvalue weighted by Gasteiger charge is 2.20. The van der Waals surface area contributed by atoms with E-state index < -0.39 is 11.8 Å². The van der Waals surface area contributed by atoms with Crippen LogP contribution in [0, 0.1) is 0 Å². The van der Waals surface area contributed by atoms with Gasteiger partial charge in [0.1, 0.15) is 11.5 Å². The van der Waals surface area contributed by atoms with Crippen molar-refractivity contribution in [1.82, 2.24) is 4.90 Å². The zero-order chi connectivity index (χ0) is 16.1. The lowest BCUT2D eigenvalue weighted by Gasteiger charge is -2.16. The average Bonchev–Trinajstić information content (AvgIpc) is 2.59. The van der Waals surface area contributed by atoms with Crippen molar-refractivity contribution in [2.75, 3.05) is 21.3 Å². The summed E-state index contributed by atoms with van der Waals surface area (Å²) in [5.74, 6) is 0.333. The van der Waals surface area contributed by atoms with Crippen LogP contribution in [-0.2, 0) is 0 Å². The number of carbonyl (C=O) groups is 2. The van der Waals surface area contributed by atoms with Gasteiger partial charge in [0.15, 0.2) is 0 Å². The molecular formula is C17H17NO4. The van der Waals surface area contributed by atoms with Crippen molar-refractivity contribution in [3.8, 4) is 11.5 Å². The Hall–Kier alpha value is -2.82. The van der Waals surface area contributed by atoms with Gasteiger partial charge in [0, 0.05) is 18.2 Å². The maximum Gasteiger partial charge on any atom is 0.260 e. The Morgan fingerprint density at radius 1 is 0.818 bits per heavy atom. The van der Waals surface area contributed by atoms with Gasteiger partial charge < -0.3 is 9.47 Å². The van der Waals surface area contributed by atoms with Gasteiger partial charge in [0.25, 0.3) is 11.8 Å². The summed E-state index contributed by atoms with van der Waals surface area (Å²) in [5.41, 5.74) is 0.774. The molecule has 2 amide bonds. The Kier molecular flexibility index (Phi) is 4.78. The molecule has 0 fully saturated rings. The molecule has 5 heteroatoms. The largest absolute Gasteiger partial charge is 0.497 e. The Balaban J connectivity index is 2.23. The monoisotopic (exact) mass is 299 g/mol. The summed E-state index contributed by atoms with van der Waals surface area (Å²) in [4.78, 5) is 25.9. The van der Waals surface area contributed by atoms with Gasteiger partial charge in [-0.05, 0) is 36.4 Å². The van der Waals surface area contributed by atoms with Gasteiger partial charge in [-0.2, -0.15) is 0 Å². The van der Waals surface area contributed by atoms with Crippen LogP contribution in [0.5, 0.6) is 11.5 Å². The van der Waals surface area contributed by atoms with E-state index in [4.69, 9.17) is 9.47 Å². The van der Waals surface area contributed by atoms with Crippen molar-refractivity contribution >= 4 is 11.8 Å². The van der Waals surface area contributed by atoms with Crippen molar-refractivity contribution in [2.24, 2.45) is 0 Å². The summed E-state index contributed by atoms with van der Waals surface area (Å²) < 4.78 is 10.2. The number of rotatable bonds is 4. The number of hydrogen-bond donors (Lipinski definition) is 0. The van der Waals surface area contributed by atoms with Gasteiger partial charge in [-0.15, -0.1) is 0 Å². The van der Waals surface area contributed by atoms with E-state index in [2.05, 4.69) is 0 Å². The van der Waals surface area contributed by atoms with E-state index in [0.29, 0.717) is 22.6 Å². The highest BCUT2D eigenvalue weighted by Crippen LogP contribution is 2.17. The lowest BCUT2D eigenvalue weighted by molar-refractivity contribution is 0.0655. The van der Waals surface area contributed by atoms with Crippen molar-refractivity contribution in [3.05, 3.63) is 59.7 Å². The molecule has 0 atom stereocenters. The fourth-order valence-corrected chi connectivity index (χ4v) is 1.99. The van der Waals surface area contributed by atoms with E-state index in [1.807, 2.05) is 0 Å². The smallest absolute Gasteiger partial charge is 0.260 e. The molecule has 0 N–H and O–H groups in total. The molecule has 0 aliphatic rings. The van der Waals surface area contributed by atoms with Gasteiger partial charge in [-0.3, -0.25) is 14.5 Å². The molecule has 2 aromatic rings. The molecule has 2 rings (SSSR count). The fourth-order valence-electron chi connectivity index (χ4n) is 1.99.